The monoisotopic (exact) mass is 830 g/mol. The molecule has 9 heteroatoms. The molecule has 0 radical (unpaired) electrons. The van der Waals surface area contributed by atoms with Gasteiger partial charge in [-0.1, -0.05) is 138 Å². The number of Topliss-reactive ketones (excluding diaryl/α,β-unsaturated/α-hetero) is 3. The van der Waals surface area contributed by atoms with Crippen molar-refractivity contribution >= 4 is 35.0 Å². The van der Waals surface area contributed by atoms with Crippen molar-refractivity contribution in [1.82, 2.24) is 10.6 Å². The Morgan fingerprint density at radius 1 is 0.983 bits per heavy atom. The summed E-state index contributed by atoms with van der Waals surface area (Å²) in [5.74, 6) is 2.30. The predicted octanol–water partition coefficient (Wildman–Crippen LogP) is 11.5. The third-order valence-corrected chi connectivity index (χ3v) is 11.2. The van der Waals surface area contributed by atoms with Crippen LogP contribution in [0.5, 0.6) is 0 Å². The van der Waals surface area contributed by atoms with Gasteiger partial charge in [-0.05, 0) is 101 Å². The molecule has 3 rings (SSSR count). The molecule has 0 aromatic heterocycles. The predicted molar refractivity (Wildman–Crippen MR) is 252 cm³/mol. The average molecular weight is 830 g/mol. The molecule has 1 aromatic carbocycles. The molecule has 0 bridgehead atoms. The van der Waals surface area contributed by atoms with Crippen molar-refractivity contribution in [3.8, 4) is 0 Å². The molecule has 5 unspecified atom stereocenters. The molecule has 1 amide bonds. The van der Waals surface area contributed by atoms with Gasteiger partial charge in [0.05, 0.1) is 12.6 Å². The zero-order valence-corrected chi connectivity index (χ0v) is 39.9. The molecule has 0 spiro atoms. The number of hydrogen-bond acceptors (Lipinski definition) is 8. The molecule has 4 N–H and O–H groups in total. The highest BCUT2D eigenvalue weighted by Crippen LogP contribution is 2.44. The summed E-state index contributed by atoms with van der Waals surface area (Å²) in [6.45, 7) is 35.3. The topological polar surface area (TPSA) is 128 Å². The quantitative estimate of drug-likeness (QED) is 0.0986. The molecule has 334 valence electrons. The van der Waals surface area contributed by atoms with E-state index in [1.807, 2.05) is 45.9 Å². The summed E-state index contributed by atoms with van der Waals surface area (Å²) < 4.78 is 6.39. The molecule has 2 aliphatic rings. The molecule has 2 saturated carbocycles. The highest BCUT2D eigenvalue weighted by molar-refractivity contribution is 8.00. The number of nitrogens with two attached hydrogens (primary N) is 1. The first-order valence-corrected chi connectivity index (χ1v) is 22.9. The van der Waals surface area contributed by atoms with E-state index in [1.54, 1.807) is 13.0 Å². The molecule has 0 heterocycles. The summed E-state index contributed by atoms with van der Waals surface area (Å²) in [5, 5.41) is 4.99. The standard InChI is InChI=1S/C13H24O2.C11H18N2O3.C10H13N.C10H20S.C3H6.C2H6/c1-10(2)9-15-13(11(3)14)12-7-5-4-6-8-12;1-4-6-9(12-5-2)10(15)11(16)13-7-8(3)14;1-8(9(2)11)10-6-4-3-5-7-10;1-4-7-11-10(3)6-5-9(2)8-10;1-3-2;1-2/h10,12-13H,4-9H2,1-3H3;5,9,12H,2,4,6-7H2,1,3H3,(H,13,16);3-8H,2,11H2,1H3;9H,4-8H2,1-3H3;3H,1H2,2H3;1-2H3. The number of nitrogens with one attached hydrogen (secondary N) is 2. The summed E-state index contributed by atoms with van der Waals surface area (Å²) in [6, 6.07) is 9.57. The molecule has 5 atom stereocenters. The van der Waals surface area contributed by atoms with Crippen LogP contribution in [0.3, 0.4) is 0 Å². The van der Waals surface area contributed by atoms with Crippen LogP contribution in [0.4, 0.5) is 0 Å². The average Bonchev–Trinajstić information content (AvgIpc) is 3.55. The Kier molecular flexibility index (Phi) is 37.6. The first-order chi connectivity index (χ1) is 27.4. The number of allylic oxidation sites excluding steroid dienone is 2. The van der Waals surface area contributed by atoms with E-state index in [2.05, 4.69) is 95.8 Å². The molecule has 8 nitrogen and oxygen atoms in total. The molecular weight excluding hydrogens is 743 g/mol. The van der Waals surface area contributed by atoms with Gasteiger partial charge in [0.1, 0.15) is 11.9 Å². The van der Waals surface area contributed by atoms with Crippen LogP contribution in [0, 0.1) is 17.8 Å². The second-order valence-electron chi connectivity index (χ2n) is 15.9. The van der Waals surface area contributed by atoms with E-state index in [9.17, 15) is 19.2 Å². The van der Waals surface area contributed by atoms with Crippen molar-refractivity contribution in [3.05, 3.63) is 73.6 Å². The van der Waals surface area contributed by atoms with Crippen molar-refractivity contribution in [3.63, 3.8) is 0 Å². The van der Waals surface area contributed by atoms with Gasteiger partial charge in [0.15, 0.2) is 5.78 Å². The second kappa shape index (κ2) is 36.9. The van der Waals surface area contributed by atoms with Gasteiger partial charge in [0, 0.05) is 23.0 Å². The van der Waals surface area contributed by atoms with Gasteiger partial charge in [-0.3, -0.25) is 19.2 Å². The van der Waals surface area contributed by atoms with E-state index in [0.29, 0.717) is 29.6 Å². The number of rotatable bonds is 18. The van der Waals surface area contributed by atoms with Crippen molar-refractivity contribution in [2.45, 2.75) is 177 Å². The normalized spacial score (nSPS) is 18.3. The number of carbonyl (C=O) groups is 4. The van der Waals surface area contributed by atoms with Crippen LogP contribution in [0.1, 0.15) is 165 Å². The fourth-order valence-electron chi connectivity index (χ4n) is 6.42. The molecule has 1 aromatic rings. The van der Waals surface area contributed by atoms with E-state index in [-0.39, 0.29) is 30.1 Å². The van der Waals surface area contributed by atoms with E-state index < -0.39 is 17.7 Å². The number of ether oxygens (including phenoxy) is 1. The number of benzene rings is 1. The van der Waals surface area contributed by atoms with Crippen LogP contribution in [-0.2, 0) is 23.9 Å². The third-order valence-electron chi connectivity index (χ3n) is 9.48. The fraction of sp³-hybridized carbons (Fsp3) is 0.673. The van der Waals surface area contributed by atoms with Crippen molar-refractivity contribution in [1.29, 1.82) is 0 Å². The van der Waals surface area contributed by atoms with Gasteiger partial charge >= 0.3 is 0 Å². The van der Waals surface area contributed by atoms with Crippen LogP contribution in [0.15, 0.2) is 68.0 Å². The van der Waals surface area contributed by atoms with Crippen LogP contribution in [0.25, 0.3) is 0 Å². The van der Waals surface area contributed by atoms with Gasteiger partial charge in [0.2, 0.25) is 5.78 Å². The van der Waals surface area contributed by atoms with Crippen LogP contribution in [0.2, 0.25) is 0 Å². The lowest BCUT2D eigenvalue weighted by Crippen LogP contribution is -2.44. The maximum atomic E-state index is 11.6. The largest absolute Gasteiger partial charge is 0.402 e. The number of amides is 1. The van der Waals surface area contributed by atoms with E-state index in [4.69, 9.17) is 10.5 Å². The Hall–Kier alpha value is -3.17. The zero-order valence-electron chi connectivity index (χ0n) is 39.1. The fourth-order valence-corrected chi connectivity index (χ4v) is 7.78. The number of hydrogen-bond donors (Lipinski definition) is 3. The van der Waals surface area contributed by atoms with Crippen molar-refractivity contribution in [2.24, 2.45) is 23.5 Å². The minimum absolute atomic E-state index is 0.114. The lowest BCUT2D eigenvalue weighted by atomic mass is 9.84. The second-order valence-corrected chi connectivity index (χ2v) is 17.6. The highest BCUT2D eigenvalue weighted by atomic mass is 32.2. The lowest BCUT2D eigenvalue weighted by molar-refractivity contribution is -0.139. The first kappa shape index (κ1) is 59.1. The lowest BCUT2D eigenvalue weighted by Gasteiger charge is -2.29. The zero-order chi connectivity index (χ0) is 45.1. The van der Waals surface area contributed by atoms with Crippen LogP contribution < -0.4 is 16.4 Å². The summed E-state index contributed by atoms with van der Waals surface area (Å²) in [7, 11) is 0. The minimum atomic E-state index is -0.733. The summed E-state index contributed by atoms with van der Waals surface area (Å²) in [5.41, 5.74) is 7.51. The SMILES string of the molecule is C=C(N)C(C)c1ccccc1.C=CC.C=CNC(CCC)C(=O)C(=O)NCC(C)=O.CC.CC(=O)C(OCC(C)C)C1CCCCC1.CCCSC1(C)CCC(C)C1. The molecule has 58 heavy (non-hydrogen) atoms. The third kappa shape index (κ3) is 30.0. The number of ketones is 3. The van der Waals surface area contributed by atoms with E-state index in [1.165, 1.54) is 82.2 Å². The van der Waals surface area contributed by atoms with Crippen LogP contribution >= 0.6 is 11.8 Å². The first-order valence-electron chi connectivity index (χ1n) is 21.9. The number of thioether (sulfide) groups is 1. The summed E-state index contributed by atoms with van der Waals surface area (Å²) >= 11 is 2.19. The smallest absolute Gasteiger partial charge is 0.289 e. The van der Waals surface area contributed by atoms with Gasteiger partial charge in [-0.15, -0.1) is 6.58 Å². The number of carbonyl (C=O) groups excluding carboxylic acids is 4. The van der Waals surface area contributed by atoms with Gasteiger partial charge in [-0.2, -0.15) is 11.8 Å². The maximum Gasteiger partial charge on any atom is 0.289 e. The Morgan fingerprint density at radius 3 is 1.97 bits per heavy atom. The van der Waals surface area contributed by atoms with Gasteiger partial charge in [-0.25, -0.2) is 0 Å². The Balaban J connectivity index is -0.000000676. The summed E-state index contributed by atoms with van der Waals surface area (Å²) in [6.07, 6.45) is 16.2. The minimum Gasteiger partial charge on any atom is -0.402 e. The van der Waals surface area contributed by atoms with Crippen LogP contribution in [-0.4, -0.2) is 59.1 Å². The van der Waals surface area contributed by atoms with E-state index >= 15 is 0 Å². The Bertz CT molecular complexity index is 1260. The van der Waals surface area contributed by atoms with Crippen molar-refractivity contribution < 1.29 is 23.9 Å². The molecule has 2 fully saturated rings. The van der Waals surface area contributed by atoms with Gasteiger partial charge < -0.3 is 21.1 Å². The van der Waals surface area contributed by atoms with Gasteiger partial charge in [0.25, 0.3) is 5.91 Å². The van der Waals surface area contributed by atoms with E-state index in [0.717, 1.165) is 18.0 Å². The summed E-state index contributed by atoms with van der Waals surface area (Å²) in [4.78, 5) is 45.1. The Labute approximate surface area is 360 Å². The molecule has 2 aliphatic carbocycles. The molecule has 0 aliphatic heterocycles. The maximum absolute atomic E-state index is 11.6. The Morgan fingerprint density at radius 2 is 1.55 bits per heavy atom. The highest BCUT2D eigenvalue weighted by Gasteiger charge is 2.32. The van der Waals surface area contributed by atoms with Crippen molar-refractivity contribution in [2.75, 3.05) is 18.9 Å². The molecular formula is C49H87N3O5S. The molecule has 0 saturated heterocycles.